The zero-order valence-electron chi connectivity index (χ0n) is 15.8. The molecular formula is C19H22N2O6S. The summed E-state index contributed by atoms with van der Waals surface area (Å²) in [5.41, 5.74) is 0.106. The number of nitro groups is 1. The van der Waals surface area contributed by atoms with Crippen molar-refractivity contribution < 1.29 is 24.0 Å². The number of hydrogen-bond donors (Lipinski definition) is 0. The molecule has 28 heavy (non-hydrogen) atoms. The number of rotatable bonds is 6. The van der Waals surface area contributed by atoms with Crippen LogP contribution in [0.3, 0.4) is 0 Å². The molecule has 8 nitrogen and oxygen atoms in total. The van der Waals surface area contributed by atoms with Gasteiger partial charge in [-0.05, 0) is 36.6 Å². The standard InChI is InChI=1S/C19H22N2O6S/c1-26-15-10-16(27-2)14(21(24)25)8-13(15)9-17-18(22)20(19(23)28-17)11-12-6-4-3-5-7-12/h8-10,12H,3-7,11H2,1-2H3/b17-9+. The Balaban J connectivity index is 1.88. The van der Waals surface area contributed by atoms with E-state index in [1.165, 1.54) is 43.7 Å². The van der Waals surface area contributed by atoms with Gasteiger partial charge >= 0.3 is 5.69 Å². The highest BCUT2D eigenvalue weighted by Gasteiger charge is 2.37. The number of carbonyl (C=O) groups excluding carboxylic acids is 2. The van der Waals surface area contributed by atoms with Gasteiger partial charge in [0.25, 0.3) is 11.1 Å². The van der Waals surface area contributed by atoms with Crippen LogP contribution in [-0.2, 0) is 4.79 Å². The van der Waals surface area contributed by atoms with Crippen molar-refractivity contribution >= 4 is 34.7 Å². The third kappa shape index (κ3) is 4.14. The summed E-state index contributed by atoms with van der Waals surface area (Å²) in [6, 6.07) is 2.68. The van der Waals surface area contributed by atoms with Crippen molar-refractivity contribution in [2.45, 2.75) is 32.1 Å². The summed E-state index contributed by atoms with van der Waals surface area (Å²) in [6.45, 7) is 0.432. The highest BCUT2D eigenvalue weighted by Crippen LogP contribution is 2.39. The fourth-order valence-electron chi connectivity index (χ4n) is 3.59. The van der Waals surface area contributed by atoms with Crippen molar-refractivity contribution in [3.8, 4) is 11.5 Å². The third-order valence-corrected chi connectivity index (χ3v) is 5.96. The molecular weight excluding hydrogens is 384 g/mol. The van der Waals surface area contributed by atoms with Gasteiger partial charge < -0.3 is 9.47 Å². The Bertz CT molecular complexity index is 832. The first-order valence-electron chi connectivity index (χ1n) is 9.10. The van der Waals surface area contributed by atoms with E-state index in [0.29, 0.717) is 23.8 Å². The SMILES string of the molecule is COc1cc(OC)c([N+](=O)[O-])cc1/C=C1/SC(=O)N(CC2CCCCC2)C1=O. The lowest BCUT2D eigenvalue weighted by Crippen LogP contribution is -2.34. The monoisotopic (exact) mass is 406 g/mol. The Kier molecular flexibility index (Phi) is 6.23. The minimum atomic E-state index is -0.565. The average molecular weight is 406 g/mol. The Morgan fingerprint density at radius 2 is 1.86 bits per heavy atom. The van der Waals surface area contributed by atoms with Gasteiger partial charge in [-0.25, -0.2) is 0 Å². The van der Waals surface area contributed by atoms with Gasteiger partial charge in [0, 0.05) is 24.2 Å². The maximum Gasteiger partial charge on any atom is 0.311 e. The average Bonchev–Trinajstić information content (AvgIpc) is 2.95. The number of carbonyl (C=O) groups is 2. The normalized spacial score (nSPS) is 19.4. The van der Waals surface area contributed by atoms with Gasteiger partial charge in [0.15, 0.2) is 0 Å². The first-order chi connectivity index (χ1) is 13.4. The molecule has 0 radical (unpaired) electrons. The molecule has 1 aliphatic carbocycles. The van der Waals surface area contributed by atoms with Gasteiger partial charge in [0.1, 0.15) is 5.75 Å². The van der Waals surface area contributed by atoms with E-state index < -0.39 is 4.92 Å². The van der Waals surface area contributed by atoms with Gasteiger partial charge in [-0.1, -0.05) is 19.3 Å². The van der Waals surface area contributed by atoms with Crippen molar-refractivity contribution in [3.63, 3.8) is 0 Å². The van der Waals surface area contributed by atoms with Crippen LogP contribution in [0, 0.1) is 16.0 Å². The van der Waals surface area contributed by atoms with Crippen LogP contribution in [0.2, 0.25) is 0 Å². The summed E-state index contributed by atoms with van der Waals surface area (Å²) in [7, 11) is 2.75. The molecule has 0 atom stereocenters. The summed E-state index contributed by atoms with van der Waals surface area (Å²) in [5.74, 6) is 0.366. The topological polar surface area (TPSA) is 99.0 Å². The van der Waals surface area contributed by atoms with E-state index in [2.05, 4.69) is 0 Å². The second-order valence-electron chi connectivity index (χ2n) is 6.82. The third-order valence-electron chi connectivity index (χ3n) is 5.05. The Hall–Kier alpha value is -2.55. The quantitative estimate of drug-likeness (QED) is 0.396. The highest BCUT2D eigenvalue weighted by molar-refractivity contribution is 8.18. The van der Waals surface area contributed by atoms with Gasteiger partial charge in [0.05, 0.1) is 24.0 Å². The number of nitro benzene ring substituents is 1. The predicted octanol–water partition coefficient (Wildman–Crippen LogP) is 4.23. The van der Waals surface area contributed by atoms with Gasteiger partial charge in [-0.3, -0.25) is 24.6 Å². The maximum absolute atomic E-state index is 12.8. The number of ether oxygens (including phenoxy) is 2. The van der Waals surface area contributed by atoms with Gasteiger partial charge in [-0.2, -0.15) is 0 Å². The molecule has 0 bridgehead atoms. The first kappa shape index (κ1) is 20.2. The molecule has 0 aromatic heterocycles. The molecule has 1 saturated carbocycles. The molecule has 2 amide bonds. The van der Waals surface area contributed by atoms with E-state index in [9.17, 15) is 19.7 Å². The molecule has 0 N–H and O–H groups in total. The Morgan fingerprint density at radius 3 is 2.46 bits per heavy atom. The van der Waals surface area contributed by atoms with Gasteiger partial charge in [-0.15, -0.1) is 0 Å². The Morgan fingerprint density at radius 1 is 1.18 bits per heavy atom. The number of thioether (sulfide) groups is 1. The van der Waals surface area contributed by atoms with Crippen LogP contribution in [-0.4, -0.2) is 41.7 Å². The fourth-order valence-corrected chi connectivity index (χ4v) is 4.43. The molecule has 1 saturated heterocycles. The molecule has 1 heterocycles. The number of methoxy groups -OCH3 is 2. The van der Waals surface area contributed by atoms with Crippen LogP contribution in [0.25, 0.3) is 6.08 Å². The summed E-state index contributed by atoms with van der Waals surface area (Å²) in [5, 5.41) is 11.0. The van der Waals surface area contributed by atoms with E-state index in [0.717, 1.165) is 37.4 Å². The van der Waals surface area contributed by atoms with Crippen molar-refractivity contribution in [1.82, 2.24) is 4.90 Å². The number of imide groups is 1. The van der Waals surface area contributed by atoms with Crippen LogP contribution in [0.4, 0.5) is 10.5 Å². The molecule has 0 unspecified atom stereocenters. The van der Waals surface area contributed by atoms with Crippen molar-refractivity contribution in [2.24, 2.45) is 5.92 Å². The van der Waals surface area contributed by atoms with E-state index in [1.54, 1.807) is 0 Å². The molecule has 0 spiro atoms. The van der Waals surface area contributed by atoms with E-state index in [1.807, 2.05) is 0 Å². The second kappa shape index (κ2) is 8.64. The minimum Gasteiger partial charge on any atom is -0.496 e. The summed E-state index contributed by atoms with van der Waals surface area (Å²) in [6.07, 6.45) is 6.98. The van der Waals surface area contributed by atoms with Crippen LogP contribution < -0.4 is 9.47 Å². The van der Waals surface area contributed by atoms with E-state index in [-0.39, 0.29) is 27.5 Å². The summed E-state index contributed by atoms with van der Waals surface area (Å²) < 4.78 is 10.3. The number of nitrogens with zero attached hydrogens (tertiary/aromatic N) is 2. The summed E-state index contributed by atoms with van der Waals surface area (Å²) >= 11 is 0.850. The molecule has 1 aliphatic heterocycles. The lowest BCUT2D eigenvalue weighted by atomic mass is 9.89. The molecule has 9 heteroatoms. The molecule has 3 rings (SSSR count). The lowest BCUT2D eigenvalue weighted by Gasteiger charge is -2.25. The highest BCUT2D eigenvalue weighted by atomic mass is 32.2. The van der Waals surface area contributed by atoms with Crippen LogP contribution in [0.1, 0.15) is 37.7 Å². The fraction of sp³-hybridized carbons (Fsp3) is 0.474. The molecule has 1 aromatic carbocycles. The zero-order valence-corrected chi connectivity index (χ0v) is 16.6. The second-order valence-corrected chi connectivity index (χ2v) is 7.81. The number of benzene rings is 1. The summed E-state index contributed by atoms with van der Waals surface area (Å²) in [4.78, 5) is 37.4. The first-order valence-corrected chi connectivity index (χ1v) is 9.92. The maximum atomic E-state index is 12.8. The number of amides is 2. The van der Waals surface area contributed by atoms with Crippen molar-refractivity contribution in [2.75, 3.05) is 20.8 Å². The van der Waals surface area contributed by atoms with Crippen LogP contribution in [0.15, 0.2) is 17.0 Å². The molecule has 2 fully saturated rings. The van der Waals surface area contributed by atoms with Crippen molar-refractivity contribution in [3.05, 3.63) is 32.7 Å². The molecule has 2 aliphatic rings. The smallest absolute Gasteiger partial charge is 0.311 e. The molecule has 150 valence electrons. The van der Waals surface area contributed by atoms with Crippen molar-refractivity contribution in [1.29, 1.82) is 0 Å². The minimum absolute atomic E-state index is 0.0596. The predicted molar refractivity (Wildman–Crippen MR) is 105 cm³/mol. The largest absolute Gasteiger partial charge is 0.496 e. The number of hydrogen-bond acceptors (Lipinski definition) is 7. The zero-order chi connectivity index (χ0) is 20.3. The van der Waals surface area contributed by atoms with E-state index >= 15 is 0 Å². The molecule has 1 aromatic rings. The van der Waals surface area contributed by atoms with Gasteiger partial charge in [0.2, 0.25) is 5.75 Å². The van der Waals surface area contributed by atoms with Crippen LogP contribution in [0.5, 0.6) is 11.5 Å². The van der Waals surface area contributed by atoms with E-state index in [4.69, 9.17) is 9.47 Å². The Labute approximate surface area is 167 Å². The lowest BCUT2D eigenvalue weighted by molar-refractivity contribution is -0.385. The van der Waals surface area contributed by atoms with Crippen LogP contribution >= 0.6 is 11.8 Å².